The minimum absolute atomic E-state index is 0.0426. The van der Waals surface area contributed by atoms with E-state index >= 15 is 0 Å². The summed E-state index contributed by atoms with van der Waals surface area (Å²) in [7, 11) is 0. The van der Waals surface area contributed by atoms with E-state index in [1.165, 1.54) is 0 Å². The van der Waals surface area contributed by atoms with Crippen LogP contribution >= 0.6 is 11.6 Å². The van der Waals surface area contributed by atoms with Crippen LogP contribution in [0.15, 0.2) is 79.1 Å². The van der Waals surface area contributed by atoms with E-state index in [1.807, 2.05) is 71.6 Å². The van der Waals surface area contributed by atoms with E-state index in [-0.39, 0.29) is 5.78 Å². The predicted molar refractivity (Wildman–Crippen MR) is 90.6 cm³/mol. The lowest BCUT2D eigenvalue weighted by molar-refractivity contribution is 0.104. The van der Waals surface area contributed by atoms with Crippen molar-refractivity contribution in [2.45, 2.75) is 0 Å². The van der Waals surface area contributed by atoms with Gasteiger partial charge in [-0.05, 0) is 60.2 Å². The van der Waals surface area contributed by atoms with Crippen LogP contribution in [0.4, 0.5) is 0 Å². The number of hydrogen-bond donors (Lipinski definition) is 0. The fourth-order valence-electron chi connectivity index (χ4n) is 2.18. The van der Waals surface area contributed by atoms with Crippen LogP contribution in [0.1, 0.15) is 15.9 Å². The van der Waals surface area contributed by atoms with Gasteiger partial charge < -0.3 is 4.57 Å². The molecule has 1 aromatic heterocycles. The van der Waals surface area contributed by atoms with E-state index in [1.54, 1.807) is 18.2 Å². The average molecular weight is 308 g/mol. The molecule has 0 saturated carbocycles. The smallest absolute Gasteiger partial charge is 0.185 e. The number of aromatic nitrogens is 1. The molecular weight excluding hydrogens is 294 g/mol. The summed E-state index contributed by atoms with van der Waals surface area (Å²) >= 11 is 6.07. The summed E-state index contributed by atoms with van der Waals surface area (Å²) in [5.41, 5.74) is 2.51. The third-order valence-corrected chi connectivity index (χ3v) is 3.72. The molecule has 0 spiro atoms. The molecule has 1 heterocycles. The zero-order chi connectivity index (χ0) is 15.4. The van der Waals surface area contributed by atoms with Crippen LogP contribution in [0, 0.1) is 0 Å². The number of halogens is 1. The number of hydrogen-bond acceptors (Lipinski definition) is 1. The normalized spacial score (nSPS) is 11.0. The Bertz CT molecular complexity index is 802. The number of ketones is 1. The quantitative estimate of drug-likeness (QED) is 0.489. The van der Waals surface area contributed by atoms with Crippen LogP contribution in [0.3, 0.4) is 0 Å². The lowest BCUT2D eigenvalue weighted by Gasteiger charge is -2.03. The molecule has 108 valence electrons. The molecule has 22 heavy (non-hydrogen) atoms. The van der Waals surface area contributed by atoms with Gasteiger partial charge >= 0.3 is 0 Å². The zero-order valence-electron chi connectivity index (χ0n) is 11.8. The minimum Gasteiger partial charge on any atom is -0.324 e. The topological polar surface area (TPSA) is 22.0 Å². The summed E-state index contributed by atoms with van der Waals surface area (Å²) in [5, 5.41) is 0.634. The Balaban J connectivity index is 1.77. The third kappa shape index (κ3) is 3.18. The number of benzene rings is 2. The van der Waals surface area contributed by atoms with Crippen molar-refractivity contribution in [1.82, 2.24) is 4.57 Å². The van der Waals surface area contributed by atoms with Crippen LogP contribution in [-0.2, 0) is 0 Å². The SMILES string of the molecule is O=C(/C=C/c1ccccc1Cl)c1ccc(-n2cccc2)cc1. The molecule has 0 unspecified atom stereocenters. The van der Waals surface area contributed by atoms with Gasteiger partial charge in [0.2, 0.25) is 0 Å². The number of allylic oxidation sites excluding steroid dienone is 1. The van der Waals surface area contributed by atoms with E-state index in [9.17, 15) is 4.79 Å². The van der Waals surface area contributed by atoms with Crippen molar-refractivity contribution in [2.75, 3.05) is 0 Å². The van der Waals surface area contributed by atoms with E-state index in [0.29, 0.717) is 10.6 Å². The first kappa shape index (κ1) is 14.4. The van der Waals surface area contributed by atoms with Crippen molar-refractivity contribution in [1.29, 1.82) is 0 Å². The second-order valence-electron chi connectivity index (χ2n) is 4.86. The van der Waals surface area contributed by atoms with Gasteiger partial charge in [0, 0.05) is 28.7 Å². The monoisotopic (exact) mass is 307 g/mol. The van der Waals surface area contributed by atoms with Gasteiger partial charge in [-0.25, -0.2) is 0 Å². The van der Waals surface area contributed by atoms with Gasteiger partial charge in [0.1, 0.15) is 0 Å². The fourth-order valence-corrected chi connectivity index (χ4v) is 2.38. The van der Waals surface area contributed by atoms with Crippen molar-refractivity contribution in [2.24, 2.45) is 0 Å². The van der Waals surface area contributed by atoms with Gasteiger partial charge in [0.05, 0.1) is 0 Å². The summed E-state index contributed by atoms with van der Waals surface area (Å²) in [6, 6.07) is 18.9. The van der Waals surface area contributed by atoms with E-state index < -0.39 is 0 Å². The Morgan fingerprint density at radius 3 is 2.27 bits per heavy atom. The van der Waals surface area contributed by atoms with Crippen molar-refractivity contribution >= 4 is 23.5 Å². The van der Waals surface area contributed by atoms with E-state index in [2.05, 4.69) is 0 Å². The van der Waals surface area contributed by atoms with Crippen LogP contribution in [0.25, 0.3) is 11.8 Å². The van der Waals surface area contributed by atoms with Crippen LogP contribution < -0.4 is 0 Å². The van der Waals surface area contributed by atoms with Gasteiger partial charge in [-0.15, -0.1) is 0 Å². The average Bonchev–Trinajstić information content (AvgIpc) is 3.08. The second-order valence-corrected chi connectivity index (χ2v) is 5.26. The first-order valence-corrected chi connectivity index (χ1v) is 7.32. The predicted octanol–water partition coefficient (Wildman–Crippen LogP) is 5.03. The second kappa shape index (κ2) is 6.46. The highest BCUT2D eigenvalue weighted by molar-refractivity contribution is 6.32. The largest absolute Gasteiger partial charge is 0.324 e. The van der Waals surface area contributed by atoms with Crippen molar-refractivity contribution in [3.05, 3.63) is 95.3 Å². The van der Waals surface area contributed by atoms with Crippen LogP contribution in [-0.4, -0.2) is 10.4 Å². The molecule has 0 atom stereocenters. The zero-order valence-corrected chi connectivity index (χ0v) is 12.6. The lowest BCUT2D eigenvalue weighted by atomic mass is 10.1. The Kier molecular flexibility index (Phi) is 4.22. The highest BCUT2D eigenvalue weighted by atomic mass is 35.5. The number of nitrogens with zero attached hydrogens (tertiary/aromatic N) is 1. The summed E-state index contributed by atoms with van der Waals surface area (Å²) in [6.45, 7) is 0. The Hall–Kier alpha value is -2.58. The van der Waals surface area contributed by atoms with Crippen molar-refractivity contribution in [3.63, 3.8) is 0 Å². The Morgan fingerprint density at radius 1 is 0.909 bits per heavy atom. The molecule has 0 fully saturated rings. The number of rotatable bonds is 4. The highest BCUT2D eigenvalue weighted by Gasteiger charge is 2.03. The fraction of sp³-hybridized carbons (Fsp3) is 0. The molecule has 0 aliphatic rings. The maximum atomic E-state index is 12.2. The van der Waals surface area contributed by atoms with Gasteiger partial charge in [-0.3, -0.25) is 4.79 Å². The third-order valence-electron chi connectivity index (χ3n) is 3.37. The van der Waals surface area contributed by atoms with Gasteiger partial charge in [-0.2, -0.15) is 0 Å². The molecule has 0 saturated heterocycles. The highest BCUT2D eigenvalue weighted by Crippen LogP contribution is 2.17. The first-order valence-electron chi connectivity index (χ1n) is 6.94. The molecular formula is C19H14ClNO. The van der Waals surface area contributed by atoms with E-state index in [4.69, 9.17) is 11.6 Å². The summed E-state index contributed by atoms with van der Waals surface area (Å²) in [6.07, 6.45) is 7.22. The molecule has 3 aromatic rings. The Labute approximate surface area is 134 Å². The van der Waals surface area contributed by atoms with Crippen LogP contribution in [0.5, 0.6) is 0 Å². The Morgan fingerprint density at radius 2 is 1.59 bits per heavy atom. The lowest BCUT2D eigenvalue weighted by Crippen LogP contribution is -1.96. The molecule has 3 rings (SSSR count). The molecule has 0 bridgehead atoms. The summed E-state index contributed by atoms with van der Waals surface area (Å²) < 4.78 is 1.99. The van der Waals surface area contributed by atoms with Gasteiger partial charge in [0.25, 0.3) is 0 Å². The molecule has 0 N–H and O–H groups in total. The van der Waals surface area contributed by atoms with Crippen LogP contribution in [0.2, 0.25) is 5.02 Å². The van der Waals surface area contributed by atoms with E-state index in [0.717, 1.165) is 11.3 Å². The molecule has 0 radical (unpaired) electrons. The number of carbonyl (C=O) groups is 1. The van der Waals surface area contributed by atoms with Crippen molar-refractivity contribution in [3.8, 4) is 5.69 Å². The van der Waals surface area contributed by atoms with Crippen molar-refractivity contribution < 1.29 is 4.79 Å². The molecule has 0 aliphatic carbocycles. The maximum Gasteiger partial charge on any atom is 0.185 e. The molecule has 2 aromatic carbocycles. The first-order chi connectivity index (χ1) is 10.7. The molecule has 0 amide bonds. The minimum atomic E-state index is -0.0426. The number of carbonyl (C=O) groups excluding carboxylic acids is 1. The summed E-state index contributed by atoms with van der Waals surface area (Å²) in [5.74, 6) is -0.0426. The van der Waals surface area contributed by atoms with Gasteiger partial charge in [0.15, 0.2) is 5.78 Å². The maximum absolute atomic E-state index is 12.2. The molecule has 0 aliphatic heterocycles. The molecule has 2 nitrogen and oxygen atoms in total. The summed E-state index contributed by atoms with van der Waals surface area (Å²) in [4.78, 5) is 12.2. The van der Waals surface area contributed by atoms with Gasteiger partial charge in [-0.1, -0.05) is 29.8 Å². The standard InChI is InChI=1S/C19H14ClNO/c20-18-6-2-1-5-15(18)9-12-19(22)16-7-10-17(11-8-16)21-13-3-4-14-21/h1-14H/b12-9+. The molecule has 3 heteroatoms.